The number of nitrogens with one attached hydrogen (secondary N) is 1. The van der Waals surface area contributed by atoms with Crippen LogP contribution in [0.15, 0.2) is 18.2 Å². The Morgan fingerprint density at radius 2 is 2.15 bits per heavy atom. The minimum Gasteiger partial charge on any atom is -0.395 e. The second kappa shape index (κ2) is 5.54. The summed E-state index contributed by atoms with van der Waals surface area (Å²) in [7, 11) is 0. The molecular formula is C14H17ClN4O. The van der Waals surface area contributed by atoms with Gasteiger partial charge in [-0.2, -0.15) is 5.10 Å². The summed E-state index contributed by atoms with van der Waals surface area (Å²) in [6, 6.07) is 5.45. The van der Waals surface area contributed by atoms with E-state index < -0.39 is 0 Å². The van der Waals surface area contributed by atoms with Crippen LogP contribution in [0.3, 0.4) is 0 Å². The van der Waals surface area contributed by atoms with Crippen LogP contribution in [0.25, 0.3) is 0 Å². The number of benzene rings is 1. The zero-order chi connectivity index (χ0) is 14.9. The molecule has 3 N–H and O–H groups in total. The number of halogens is 1. The Hall–Kier alpha value is -2.01. The Morgan fingerprint density at radius 1 is 1.45 bits per heavy atom. The molecule has 0 aliphatic heterocycles. The number of aryl methyl sites for hydroxylation is 3. The summed E-state index contributed by atoms with van der Waals surface area (Å²) >= 11 is 6.11. The highest BCUT2D eigenvalue weighted by atomic mass is 35.5. The predicted octanol–water partition coefficient (Wildman–Crippen LogP) is 3.01. The quantitative estimate of drug-likeness (QED) is 0.913. The third-order valence-corrected chi connectivity index (χ3v) is 3.46. The van der Waals surface area contributed by atoms with Crippen LogP contribution in [-0.2, 0) is 6.54 Å². The maximum Gasteiger partial charge on any atom is 0.276 e. The van der Waals surface area contributed by atoms with Gasteiger partial charge in [0.15, 0.2) is 0 Å². The van der Waals surface area contributed by atoms with Crippen molar-refractivity contribution in [1.82, 2.24) is 9.78 Å². The van der Waals surface area contributed by atoms with Crippen molar-refractivity contribution in [2.45, 2.75) is 27.3 Å². The van der Waals surface area contributed by atoms with Crippen molar-refractivity contribution in [2.24, 2.45) is 0 Å². The van der Waals surface area contributed by atoms with Crippen LogP contribution in [0.5, 0.6) is 0 Å². The summed E-state index contributed by atoms with van der Waals surface area (Å²) in [5.74, 6) is -0.304. The normalized spacial score (nSPS) is 10.6. The first kappa shape index (κ1) is 14.4. The van der Waals surface area contributed by atoms with E-state index >= 15 is 0 Å². The Balaban J connectivity index is 2.38. The number of anilines is 2. The molecule has 0 aliphatic carbocycles. The molecule has 0 saturated heterocycles. The van der Waals surface area contributed by atoms with Crippen molar-refractivity contribution in [3.05, 3.63) is 40.2 Å². The molecule has 1 aromatic carbocycles. The molecule has 0 fully saturated rings. The average molecular weight is 293 g/mol. The maximum atomic E-state index is 12.4. The van der Waals surface area contributed by atoms with Crippen molar-refractivity contribution in [2.75, 3.05) is 11.1 Å². The first-order valence-corrected chi connectivity index (χ1v) is 6.72. The Morgan fingerprint density at radius 3 is 2.75 bits per heavy atom. The molecule has 0 bridgehead atoms. The number of para-hydroxylation sites is 1. The van der Waals surface area contributed by atoms with Gasteiger partial charge in [0.25, 0.3) is 5.91 Å². The fourth-order valence-corrected chi connectivity index (χ4v) is 2.30. The fourth-order valence-electron chi connectivity index (χ4n) is 2.03. The smallest absolute Gasteiger partial charge is 0.276 e. The third kappa shape index (κ3) is 2.49. The second-order valence-electron chi connectivity index (χ2n) is 4.55. The second-order valence-corrected chi connectivity index (χ2v) is 4.96. The number of nitrogen functional groups attached to an aromatic ring is 1. The molecule has 0 aliphatic rings. The monoisotopic (exact) mass is 292 g/mol. The molecule has 0 radical (unpaired) electrons. The number of carbonyl (C=O) groups excluding carboxylic acids is 1. The number of carbonyl (C=O) groups is 1. The molecule has 0 atom stereocenters. The summed E-state index contributed by atoms with van der Waals surface area (Å²) in [4.78, 5) is 12.4. The van der Waals surface area contributed by atoms with Gasteiger partial charge >= 0.3 is 0 Å². The number of rotatable bonds is 3. The highest BCUT2D eigenvalue weighted by Crippen LogP contribution is 2.26. The van der Waals surface area contributed by atoms with Gasteiger partial charge in [-0.15, -0.1) is 0 Å². The molecule has 1 aromatic heterocycles. The first-order chi connectivity index (χ1) is 9.45. The zero-order valence-corrected chi connectivity index (χ0v) is 12.5. The summed E-state index contributed by atoms with van der Waals surface area (Å²) in [5, 5.41) is 7.54. The van der Waals surface area contributed by atoms with Crippen LogP contribution < -0.4 is 11.1 Å². The SMILES string of the molecule is CCn1nc(C)c(N)c1C(=O)Nc1c(C)cccc1Cl. The number of hydrogen-bond donors (Lipinski definition) is 2. The molecule has 0 saturated carbocycles. The molecule has 106 valence electrons. The lowest BCUT2D eigenvalue weighted by atomic mass is 10.2. The Kier molecular flexibility index (Phi) is 3.99. The van der Waals surface area contributed by atoms with Crippen LogP contribution in [0.2, 0.25) is 5.02 Å². The third-order valence-electron chi connectivity index (χ3n) is 3.15. The number of amides is 1. The summed E-state index contributed by atoms with van der Waals surface area (Å²) in [5.41, 5.74) is 8.83. The fraction of sp³-hybridized carbons (Fsp3) is 0.286. The van der Waals surface area contributed by atoms with Crippen LogP contribution in [0, 0.1) is 13.8 Å². The highest BCUT2D eigenvalue weighted by molar-refractivity contribution is 6.34. The molecule has 2 rings (SSSR count). The van der Waals surface area contributed by atoms with Gasteiger partial charge in [-0.05, 0) is 32.4 Å². The standard InChI is InChI=1S/C14H17ClN4O/c1-4-19-13(11(16)9(3)18-19)14(20)17-12-8(2)6-5-7-10(12)15/h5-7H,4,16H2,1-3H3,(H,17,20). The minimum absolute atomic E-state index is 0.304. The average Bonchev–Trinajstić information content (AvgIpc) is 2.69. The maximum absolute atomic E-state index is 12.4. The van der Waals surface area contributed by atoms with Crippen molar-refractivity contribution in [3.63, 3.8) is 0 Å². The van der Waals surface area contributed by atoms with Gasteiger partial charge in [0.05, 0.1) is 22.1 Å². The first-order valence-electron chi connectivity index (χ1n) is 6.35. The molecule has 20 heavy (non-hydrogen) atoms. The van der Waals surface area contributed by atoms with Gasteiger partial charge in [-0.1, -0.05) is 23.7 Å². The number of nitrogens with two attached hydrogens (primary N) is 1. The number of nitrogens with zero attached hydrogens (tertiary/aromatic N) is 2. The molecule has 6 heteroatoms. The Labute approximate surface area is 122 Å². The molecule has 0 spiro atoms. The molecule has 1 heterocycles. The van der Waals surface area contributed by atoms with Crippen LogP contribution in [-0.4, -0.2) is 15.7 Å². The lowest BCUT2D eigenvalue weighted by Gasteiger charge is -2.11. The summed E-state index contributed by atoms with van der Waals surface area (Å²) in [6.07, 6.45) is 0. The minimum atomic E-state index is -0.304. The summed E-state index contributed by atoms with van der Waals surface area (Å²) in [6.45, 7) is 6.14. The van der Waals surface area contributed by atoms with Crippen molar-refractivity contribution >= 4 is 28.9 Å². The van der Waals surface area contributed by atoms with E-state index in [2.05, 4.69) is 10.4 Å². The van der Waals surface area contributed by atoms with E-state index in [4.69, 9.17) is 17.3 Å². The molecule has 1 amide bonds. The van der Waals surface area contributed by atoms with E-state index in [9.17, 15) is 4.79 Å². The predicted molar refractivity (Wildman–Crippen MR) is 81.2 cm³/mol. The van der Waals surface area contributed by atoms with E-state index in [1.807, 2.05) is 26.0 Å². The lowest BCUT2D eigenvalue weighted by molar-refractivity contribution is 0.101. The molecular weight excluding hydrogens is 276 g/mol. The Bertz CT molecular complexity index is 643. The van der Waals surface area contributed by atoms with Gasteiger partial charge in [0.2, 0.25) is 0 Å². The van der Waals surface area contributed by atoms with Gasteiger partial charge in [-0.3, -0.25) is 9.48 Å². The topological polar surface area (TPSA) is 72.9 Å². The van der Waals surface area contributed by atoms with Gasteiger partial charge < -0.3 is 11.1 Å². The van der Waals surface area contributed by atoms with Crippen LogP contribution >= 0.6 is 11.6 Å². The van der Waals surface area contributed by atoms with E-state index in [1.165, 1.54) is 0 Å². The largest absolute Gasteiger partial charge is 0.395 e. The zero-order valence-electron chi connectivity index (χ0n) is 11.7. The van der Waals surface area contributed by atoms with E-state index in [-0.39, 0.29) is 5.91 Å². The van der Waals surface area contributed by atoms with Crippen molar-refractivity contribution in [3.8, 4) is 0 Å². The number of aromatic nitrogens is 2. The van der Waals surface area contributed by atoms with Crippen LogP contribution in [0.4, 0.5) is 11.4 Å². The van der Waals surface area contributed by atoms with E-state index in [0.717, 1.165) is 5.56 Å². The van der Waals surface area contributed by atoms with Gasteiger partial charge in [-0.25, -0.2) is 0 Å². The lowest BCUT2D eigenvalue weighted by Crippen LogP contribution is -2.19. The van der Waals surface area contributed by atoms with Gasteiger partial charge in [0.1, 0.15) is 5.69 Å². The molecule has 0 unspecified atom stereocenters. The van der Waals surface area contributed by atoms with Crippen molar-refractivity contribution in [1.29, 1.82) is 0 Å². The van der Waals surface area contributed by atoms with Crippen LogP contribution in [0.1, 0.15) is 28.7 Å². The summed E-state index contributed by atoms with van der Waals surface area (Å²) < 4.78 is 1.59. The number of hydrogen-bond acceptors (Lipinski definition) is 3. The highest BCUT2D eigenvalue weighted by Gasteiger charge is 2.20. The van der Waals surface area contributed by atoms with Crippen molar-refractivity contribution < 1.29 is 4.79 Å². The molecule has 2 aromatic rings. The van der Waals surface area contributed by atoms with E-state index in [1.54, 1.807) is 17.7 Å². The van der Waals surface area contributed by atoms with Gasteiger partial charge in [0, 0.05) is 6.54 Å². The van der Waals surface area contributed by atoms with E-state index in [0.29, 0.717) is 34.3 Å². The molecule has 5 nitrogen and oxygen atoms in total.